The average molecular weight is 339 g/mol. The van der Waals surface area contributed by atoms with E-state index in [9.17, 15) is 9.59 Å². The fourth-order valence-electron chi connectivity index (χ4n) is 2.27. The number of hydrogen-bond donors (Lipinski definition) is 2. The summed E-state index contributed by atoms with van der Waals surface area (Å²) in [5.41, 5.74) is 1.59. The van der Waals surface area contributed by atoms with E-state index >= 15 is 0 Å². The van der Waals surface area contributed by atoms with E-state index in [0.717, 1.165) is 24.2 Å². The van der Waals surface area contributed by atoms with Crippen LogP contribution in [0.2, 0.25) is 0 Å². The lowest BCUT2D eigenvalue weighted by Crippen LogP contribution is -2.33. The second-order valence-corrected chi connectivity index (χ2v) is 5.17. The van der Waals surface area contributed by atoms with Crippen LogP contribution in [-0.4, -0.2) is 35.1 Å². The zero-order chi connectivity index (χ0) is 15.9. The maximum Gasteiger partial charge on any atom is 0.261 e. The number of rotatable bonds is 7. The predicted molar refractivity (Wildman–Crippen MR) is 94.2 cm³/mol. The molecule has 1 amide bonds. The number of aromatic nitrogens is 2. The third-order valence-corrected chi connectivity index (χ3v) is 3.51. The first-order valence-corrected chi connectivity index (χ1v) is 7.55. The van der Waals surface area contributed by atoms with Gasteiger partial charge in [0.25, 0.3) is 5.56 Å². The monoisotopic (exact) mass is 338 g/mol. The molecule has 0 aliphatic carbocycles. The van der Waals surface area contributed by atoms with Crippen molar-refractivity contribution in [2.24, 2.45) is 0 Å². The van der Waals surface area contributed by atoms with Crippen molar-refractivity contribution in [3.8, 4) is 0 Å². The fraction of sp³-hybridized carbons (Fsp3) is 0.438. The molecule has 7 heteroatoms. The normalized spacial score (nSPS) is 10.3. The van der Waals surface area contributed by atoms with Crippen LogP contribution in [-0.2, 0) is 11.3 Å². The molecule has 0 aliphatic heterocycles. The Morgan fingerprint density at radius 2 is 2.09 bits per heavy atom. The summed E-state index contributed by atoms with van der Waals surface area (Å²) in [7, 11) is 0. The van der Waals surface area contributed by atoms with E-state index in [-0.39, 0.29) is 30.3 Å². The van der Waals surface area contributed by atoms with Crippen LogP contribution in [0.1, 0.15) is 18.9 Å². The number of aryl methyl sites for hydroxylation is 2. The second-order valence-electron chi connectivity index (χ2n) is 5.17. The number of hydrogen-bond acceptors (Lipinski definition) is 4. The van der Waals surface area contributed by atoms with Gasteiger partial charge in [0.2, 0.25) is 5.91 Å². The molecular weight excluding hydrogens is 316 g/mol. The van der Waals surface area contributed by atoms with Crippen molar-refractivity contribution in [3.05, 3.63) is 40.4 Å². The highest BCUT2D eigenvalue weighted by Crippen LogP contribution is 2.11. The van der Waals surface area contributed by atoms with Crippen molar-refractivity contribution < 1.29 is 4.79 Å². The number of nitrogens with one attached hydrogen (secondary N) is 2. The molecule has 2 rings (SSSR count). The van der Waals surface area contributed by atoms with Gasteiger partial charge >= 0.3 is 0 Å². The first kappa shape index (κ1) is 19.1. The molecule has 2 N–H and O–H groups in total. The Hall–Kier alpha value is -1.92. The summed E-state index contributed by atoms with van der Waals surface area (Å²) in [6.07, 6.45) is 1.79. The first-order chi connectivity index (χ1) is 10.6. The molecule has 2 aromatic rings. The summed E-state index contributed by atoms with van der Waals surface area (Å²) in [6.45, 7) is 6.51. The van der Waals surface area contributed by atoms with Gasteiger partial charge in [-0.05, 0) is 25.1 Å². The van der Waals surface area contributed by atoms with Crippen LogP contribution in [0.3, 0.4) is 0 Å². The fourth-order valence-corrected chi connectivity index (χ4v) is 2.27. The maximum atomic E-state index is 12.4. The molecule has 0 radical (unpaired) electrons. The van der Waals surface area contributed by atoms with Gasteiger partial charge in [-0.1, -0.05) is 19.1 Å². The highest BCUT2D eigenvalue weighted by atomic mass is 35.5. The van der Waals surface area contributed by atoms with Gasteiger partial charge in [0.15, 0.2) is 0 Å². The molecule has 1 aromatic heterocycles. The Kier molecular flexibility index (Phi) is 7.71. The van der Waals surface area contributed by atoms with Crippen LogP contribution in [0.5, 0.6) is 0 Å². The molecule has 1 aromatic carbocycles. The first-order valence-electron chi connectivity index (χ1n) is 7.55. The lowest BCUT2D eigenvalue weighted by atomic mass is 10.1. The van der Waals surface area contributed by atoms with Crippen LogP contribution < -0.4 is 16.2 Å². The standard InChI is InChI=1S/C16H22N4O2.ClH/c1-3-17-8-9-18-14(21)7-10-20-11-19-15-12(2)5-4-6-13(15)16(20)22;/h4-6,11,17H,3,7-10H2,1-2H3,(H,18,21);1H. The number of nitrogens with zero attached hydrogens (tertiary/aromatic N) is 2. The highest BCUT2D eigenvalue weighted by molar-refractivity contribution is 5.85. The molecule has 23 heavy (non-hydrogen) atoms. The smallest absolute Gasteiger partial charge is 0.261 e. The summed E-state index contributed by atoms with van der Waals surface area (Å²) in [5.74, 6) is -0.0610. The van der Waals surface area contributed by atoms with Crippen LogP contribution in [0.4, 0.5) is 0 Å². The zero-order valence-corrected chi connectivity index (χ0v) is 14.3. The molecule has 0 bridgehead atoms. The van der Waals surface area contributed by atoms with Gasteiger partial charge < -0.3 is 10.6 Å². The number of likely N-dealkylation sites (N-methyl/N-ethyl adjacent to an activating group) is 1. The average Bonchev–Trinajstić information content (AvgIpc) is 2.52. The van der Waals surface area contributed by atoms with E-state index in [0.29, 0.717) is 18.5 Å². The van der Waals surface area contributed by atoms with E-state index in [1.165, 1.54) is 10.9 Å². The van der Waals surface area contributed by atoms with Crippen LogP contribution in [0.15, 0.2) is 29.3 Å². The van der Waals surface area contributed by atoms with E-state index in [4.69, 9.17) is 0 Å². The molecule has 0 fully saturated rings. The molecule has 6 nitrogen and oxygen atoms in total. The van der Waals surface area contributed by atoms with Gasteiger partial charge in [-0.2, -0.15) is 0 Å². The molecule has 0 aliphatic rings. The third kappa shape index (κ3) is 5.04. The molecular formula is C16H23ClN4O2. The van der Waals surface area contributed by atoms with Crippen molar-refractivity contribution in [1.82, 2.24) is 20.2 Å². The van der Waals surface area contributed by atoms with Gasteiger partial charge in [0.1, 0.15) is 0 Å². The number of carbonyl (C=O) groups excluding carboxylic acids is 1. The SMILES string of the molecule is CCNCCNC(=O)CCn1cnc2c(C)cccc2c1=O.Cl. The van der Waals surface area contributed by atoms with E-state index in [1.807, 2.05) is 26.0 Å². The minimum absolute atomic E-state index is 0. The molecule has 0 unspecified atom stereocenters. The summed E-state index contributed by atoms with van der Waals surface area (Å²) in [6, 6.07) is 5.54. The summed E-state index contributed by atoms with van der Waals surface area (Å²) in [5, 5.41) is 6.54. The Morgan fingerprint density at radius 3 is 2.83 bits per heavy atom. The molecule has 0 saturated carbocycles. The van der Waals surface area contributed by atoms with Crippen molar-refractivity contribution in [1.29, 1.82) is 0 Å². The number of amides is 1. The predicted octanol–water partition coefficient (Wildman–Crippen LogP) is 1.24. The topological polar surface area (TPSA) is 76.0 Å². The van der Waals surface area contributed by atoms with Crippen molar-refractivity contribution >= 4 is 29.2 Å². The number of carbonyl (C=O) groups is 1. The largest absolute Gasteiger partial charge is 0.355 e. The minimum atomic E-state index is -0.103. The summed E-state index contributed by atoms with van der Waals surface area (Å²) >= 11 is 0. The highest BCUT2D eigenvalue weighted by Gasteiger charge is 2.07. The summed E-state index contributed by atoms with van der Waals surface area (Å²) in [4.78, 5) is 28.4. The van der Waals surface area contributed by atoms with Gasteiger partial charge in [-0.3, -0.25) is 14.2 Å². The Balaban J connectivity index is 0.00000264. The number of fused-ring (bicyclic) bond motifs is 1. The Bertz CT molecular complexity index is 715. The number of halogens is 1. The van der Waals surface area contributed by atoms with Gasteiger partial charge in [0.05, 0.1) is 17.2 Å². The number of para-hydroxylation sites is 1. The van der Waals surface area contributed by atoms with E-state index < -0.39 is 0 Å². The quantitative estimate of drug-likeness (QED) is 0.745. The van der Waals surface area contributed by atoms with E-state index in [2.05, 4.69) is 15.6 Å². The maximum absolute atomic E-state index is 12.4. The van der Waals surface area contributed by atoms with Crippen LogP contribution in [0, 0.1) is 6.92 Å². The van der Waals surface area contributed by atoms with Crippen molar-refractivity contribution in [2.45, 2.75) is 26.8 Å². The molecule has 0 atom stereocenters. The molecule has 126 valence electrons. The van der Waals surface area contributed by atoms with Gasteiger partial charge in [-0.15, -0.1) is 12.4 Å². The Morgan fingerprint density at radius 1 is 1.30 bits per heavy atom. The molecule has 1 heterocycles. The summed E-state index contributed by atoms with van der Waals surface area (Å²) < 4.78 is 1.49. The minimum Gasteiger partial charge on any atom is -0.355 e. The van der Waals surface area contributed by atoms with Gasteiger partial charge in [0, 0.05) is 26.1 Å². The molecule has 0 spiro atoms. The lowest BCUT2D eigenvalue weighted by molar-refractivity contribution is -0.121. The van der Waals surface area contributed by atoms with Gasteiger partial charge in [-0.25, -0.2) is 4.98 Å². The molecule has 0 saturated heterocycles. The van der Waals surface area contributed by atoms with Crippen LogP contribution >= 0.6 is 12.4 Å². The zero-order valence-electron chi connectivity index (χ0n) is 13.5. The van der Waals surface area contributed by atoms with Crippen LogP contribution in [0.25, 0.3) is 10.9 Å². The lowest BCUT2D eigenvalue weighted by Gasteiger charge is -2.08. The van der Waals surface area contributed by atoms with Crippen molar-refractivity contribution in [2.75, 3.05) is 19.6 Å². The Labute approximate surface area is 141 Å². The van der Waals surface area contributed by atoms with E-state index in [1.54, 1.807) is 6.07 Å². The second kappa shape index (κ2) is 9.27. The van der Waals surface area contributed by atoms with Crippen molar-refractivity contribution in [3.63, 3.8) is 0 Å². The number of benzene rings is 1. The third-order valence-electron chi connectivity index (χ3n) is 3.51.